The standard InChI is InChI=1S/C37H55N3O3/c1-26(2)33-22-31(23-34(27(3)4)36(33)43-6)37(42)38-24-28-16-21-40(25-28)35(41)15-11-10-14-32(29-12-8-7-9-13-29)30-17-19-39(5)20-18-30/h7-9,12-13,22-23,26-28,30,32H,10-11,14-21,24-25H2,1-6H3,(H,38,42). The molecular weight excluding hydrogens is 534 g/mol. The van der Waals surface area contributed by atoms with Crippen molar-refractivity contribution < 1.29 is 14.3 Å². The quantitative estimate of drug-likeness (QED) is 0.251. The summed E-state index contributed by atoms with van der Waals surface area (Å²) >= 11 is 0. The van der Waals surface area contributed by atoms with Crippen molar-refractivity contribution in [2.45, 2.75) is 90.4 Å². The number of hydrogen-bond acceptors (Lipinski definition) is 4. The van der Waals surface area contributed by atoms with Gasteiger partial charge in [-0.05, 0) is 111 Å². The van der Waals surface area contributed by atoms with Crippen LogP contribution in [-0.4, -0.2) is 68.5 Å². The molecule has 6 heteroatoms. The van der Waals surface area contributed by atoms with Crippen LogP contribution >= 0.6 is 0 Å². The van der Waals surface area contributed by atoms with Gasteiger partial charge >= 0.3 is 0 Å². The van der Waals surface area contributed by atoms with Gasteiger partial charge < -0.3 is 19.9 Å². The van der Waals surface area contributed by atoms with Crippen molar-refractivity contribution in [1.29, 1.82) is 0 Å². The molecule has 0 aromatic heterocycles. The average Bonchev–Trinajstić information content (AvgIpc) is 3.49. The number of amides is 2. The Morgan fingerprint density at radius 3 is 2.19 bits per heavy atom. The number of unbranched alkanes of at least 4 members (excludes halogenated alkanes) is 1. The van der Waals surface area contributed by atoms with E-state index in [9.17, 15) is 9.59 Å². The molecule has 2 aromatic carbocycles. The maximum absolute atomic E-state index is 13.2. The van der Waals surface area contributed by atoms with Gasteiger partial charge in [0.2, 0.25) is 5.91 Å². The van der Waals surface area contributed by atoms with Crippen LogP contribution in [0.2, 0.25) is 0 Å². The normalized spacial score (nSPS) is 18.8. The molecule has 0 aliphatic carbocycles. The summed E-state index contributed by atoms with van der Waals surface area (Å²) in [6, 6.07) is 15.0. The molecule has 0 spiro atoms. The van der Waals surface area contributed by atoms with Crippen LogP contribution in [-0.2, 0) is 4.79 Å². The number of piperidine rings is 1. The predicted octanol–water partition coefficient (Wildman–Crippen LogP) is 7.21. The lowest BCUT2D eigenvalue weighted by molar-refractivity contribution is -0.130. The second kappa shape index (κ2) is 15.7. The van der Waals surface area contributed by atoms with Gasteiger partial charge in [-0.3, -0.25) is 9.59 Å². The van der Waals surface area contributed by atoms with E-state index in [1.807, 2.05) is 17.0 Å². The van der Waals surface area contributed by atoms with Crippen molar-refractivity contribution in [2.75, 3.05) is 46.9 Å². The molecule has 43 heavy (non-hydrogen) atoms. The molecule has 0 radical (unpaired) electrons. The Morgan fingerprint density at radius 1 is 0.930 bits per heavy atom. The van der Waals surface area contributed by atoms with E-state index < -0.39 is 0 Å². The number of hydrogen-bond donors (Lipinski definition) is 1. The molecule has 2 aliphatic rings. The highest BCUT2D eigenvalue weighted by Gasteiger charge is 2.28. The Balaban J connectivity index is 1.24. The van der Waals surface area contributed by atoms with Gasteiger partial charge in [-0.15, -0.1) is 0 Å². The van der Waals surface area contributed by atoms with Gasteiger partial charge in [0.15, 0.2) is 0 Å². The minimum absolute atomic E-state index is 0.0474. The van der Waals surface area contributed by atoms with Gasteiger partial charge in [0.1, 0.15) is 5.75 Å². The van der Waals surface area contributed by atoms with E-state index >= 15 is 0 Å². The lowest BCUT2D eigenvalue weighted by atomic mass is 9.77. The molecule has 2 amide bonds. The van der Waals surface area contributed by atoms with E-state index in [1.54, 1.807) is 7.11 Å². The Bertz CT molecular complexity index is 1160. The predicted molar refractivity (Wildman–Crippen MR) is 176 cm³/mol. The number of nitrogens with one attached hydrogen (secondary N) is 1. The molecule has 2 aliphatic heterocycles. The van der Waals surface area contributed by atoms with Gasteiger partial charge in [-0.1, -0.05) is 64.4 Å². The number of ether oxygens (including phenoxy) is 1. The third-order valence-electron chi connectivity index (χ3n) is 9.76. The van der Waals surface area contributed by atoms with Crippen LogP contribution in [0.4, 0.5) is 0 Å². The SMILES string of the molecule is COc1c(C(C)C)cc(C(=O)NCC2CCN(C(=O)CCCCC(c3ccccc3)C3CCN(C)CC3)C2)cc1C(C)C. The molecule has 0 bridgehead atoms. The zero-order chi connectivity index (χ0) is 30.9. The van der Waals surface area contributed by atoms with Crippen LogP contribution in [0.15, 0.2) is 42.5 Å². The highest BCUT2D eigenvalue weighted by atomic mass is 16.5. The summed E-state index contributed by atoms with van der Waals surface area (Å²) in [7, 11) is 3.93. The van der Waals surface area contributed by atoms with E-state index in [1.165, 1.54) is 31.5 Å². The van der Waals surface area contributed by atoms with Crippen molar-refractivity contribution >= 4 is 11.8 Å². The zero-order valence-electron chi connectivity index (χ0n) is 27.5. The first kappa shape index (κ1) is 33.0. The molecule has 1 N–H and O–H groups in total. The second-order valence-electron chi connectivity index (χ2n) is 13.6. The number of carbonyl (C=O) groups is 2. The number of benzene rings is 2. The van der Waals surface area contributed by atoms with Crippen molar-refractivity contribution in [2.24, 2.45) is 11.8 Å². The van der Waals surface area contributed by atoms with Crippen molar-refractivity contribution in [3.63, 3.8) is 0 Å². The smallest absolute Gasteiger partial charge is 0.251 e. The third kappa shape index (κ3) is 8.84. The molecule has 0 saturated carbocycles. The molecule has 2 fully saturated rings. The Kier molecular flexibility index (Phi) is 12.1. The van der Waals surface area contributed by atoms with Gasteiger partial charge in [-0.25, -0.2) is 0 Å². The monoisotopic (exact) mass is 589 g/mol. The third-order valence-corrected chi connectivity index (χ3v) is 9.76. The maximum Gasteiger partial charge on any atom is 0.251 e. The van der Waals surface area contributed by atoms with E-state index in [-0.39, 0.29) is 23.7 Å². The zero-order valence-corrected chi connectivity index (χ0v) is 27.5. The number of methoxy groups -OCH3 is 1. The Hall–Kier alpha value is -2.86. The largest absolute Gasteiger partial charge is 0.496 e. The molecule has 2 saturated heterocycles. The first-order valence-corrected chi connectivity index (χ1v) is 16.7. The van der Waals surface area contributed by atoms with Gasteiger partial charge in [0.25, 0.3) is 5.91 Å². The fourth-order valence-electron chi connectivity index (χ4n) is 7.07. The molecular formula is C37H55N3O3. The maximum atomic E-state index is 13.2. The fourth-order valence-corrected chi connectivity index (χ4v) is 7.07. The topological polar surface area (TPSA) is 61.9 Å². The first-order valence-electron chi connectivity index (χ1n) is 16.7. The van der Waals surface area contributed by atoms with Gasteiger partial charge in [0, 0.05) is 31.6 Å². The van der Waals surface area contributed by atoms with Crippen LogP contribution in [0.5, 0.6) is 5.75 Å². The Labute approximate surface area is 260 Å². The number of nitrogens with zero attached hydrogens (tertiary/aromatic N) is 2. The highest BCUT2D eigenvalue weighted by Crippen LogP contribution is 2.37. The van der Waals surface area contributed by atoms with Gasteiger partial charge in [-0.2, -0.15) is 0 Å². The van der Waals surface area contributed by atoms with Crippen LogP contribution in [0.1, 0.15) is 117 Å². The van der Waals surface area contributed by atoms with Crippen LogP contribution in [0, 0.1) is 11.8 Å². The minimum atomic E-state index is -0.0474. The van der Waals surface area contributed by atoms with Crippen molar-refractivity contribution in [3.8, 4) is 5.75 Å². The molecule has 2 unspecified atom stereocenters. The van der Waals surface area contributed by atoms with Crippen LogP contribution in [0.3, 0.4) is 0 Å². The number of rotatable bonds is 13. The number of carbonyl (C=O) groups excluding carboxylic acids is 2. The van der Waals surface area contributed by atoms with E-state index in [0.29, 0.717) is 30.4 Å². The summed E-state index contributed by atoms with van der Waals surface area (Å²) < 4.78 is 5.74. The second-order valence-corrected chi connectivity index (χ2v) is 13.6. The number of likely N-dealkylation sites (tertiary alicyclic amines) is 2. The summed E-state index contributed by atoms with van der Waals surface area (Å²) in [5.41, 5.74) is 4.28. The average molecular weight is 590 g/mol. The fraction of sp³-hybridized carbons (Fsp3) is 0.622. The summed E-state index contributed by atoms with van der Waals surface area (Å²) in [5.74, 6) is 3.24. The molecule has 2 aromatic rings. The summed E-state index contributed by atoms with van der Waals surface area (Å²) in [6.45, 7) is 13.0. The molecule has 6 nitrogen and oxygen atoms in total. The van der Waals surface area contributed by atoms with E-state index in [0.717, 1.165) is 61.6 Å². The summed E-state index contributed by atoms with van der Waals surface area (Å²) in [6.07, 6.45) is 7.27. The van der Waals surface area contributed by atoms with Crippen molar-refractivity contribution in [3.05, 3.63) is 64.7 Å². The van der Waals surface area contributed by atoms with E-state index in [2.05, 4.69) is 75.3 Å². The molecule has 4 rings (SSSR count). The van der Waals surface area contributed by atoms with Crippen LogP contribution in [0.25, 0.3) is 0 Å². The highest BCUT2D eigenvalue weighted by molar-refractivity contribution is 5.95. The summed E-state index contributed by atoms with van der Waals surface area (Å²) in [4.78, 5) is 30.7. The summed E-state index contributed by atoms with van der Waals surface area (Å²) in [5, 5.41) is 3.16. The minimum Gasteiger partial charge on any atom is -0.496 e. The van der Waals surface area contributed by atoms with Crippen molar-refractivity contribution in [1.82, 2.24) is 15.1 Å². The molecule has 2 atom stereocenters. The van der Waals surface area contributed by atoms with Gasteiger partial charge in [0.05, 0.1) is 7.11 Å². The lowest BCUT2D eigenvalue weighted by Gasteiger charge is -2.35. The first-order chi connectivity index (χ1) is 20.7. The lowest BCUT2D eigenvalue weighted by Crippen LogP contribution is -2.33. The van der Waals surface area contributed by atoms with E-state index in [4.69, 9.17) is 4.74 Å². The van der Waals surface area contributed by atoms with Crippen LogP contribution < -0.4 is 10.1 Å². The molecule has 2 heterocycles. The Morgan fingerprint density at radius 2 is 1.58 bits per heavy atom. The molecule has 236 valence electrons.